The molecule has 0 amide bonds. The maximum absolute atomic E-state index is 13.8. The summed E-state index contributed by atoms with van der Waals surface area (Å²) in [6.45, 7) is 1.62. The second-order valence-corrected chi connectivity index (χ2v) is 6.94. The van der Waals surface area contributed by atoms with Crippen LogP contribution in [0.2, 0.25) is 0 Å². The van der Waals surface area contributed by atoms with Crippen molar-refractivity contribution in [3.05, 3.63) is 47.8 Å². The van der Waals surface area contributed by atoms with Crippen LogP contribution in [0.3, 0.4) is 0 Å². The first-order chi connectivity index (χ1) is 11.8. The van der Waals surface area contributed by atoms with Crippen LogP contribution < -0.4 is 18.9 Å². The molecule has 1 atom stereocenters. The molecule has 8 heteroatoms. The summed E-state index contributed by atoms with van der Waals surface area (Å²) < 4.78 is 56.8. The molecule has 0 fully saturated rings. The first-order valence-electron chi connectivity index (χ1n) is 7.40. The normalized spacial score (nSPS) is 12.5. The fourth-order valence-corrected chi connectivity index (χ4v) is 3.73. The molecule has 1 unspecified atom stereocenters. The molecule has 0 heterocycles. The van der Waals surface area contributed by atoms with Crippen LogP contribution in [0, 0.1) is 5.82 Å². The lowest BCUT2D eigenvalue weighted by Crippen LogP contribution is -2.27. The molecule has 0 saturated carbocycles. The van der Waals surface area contributed by atoms with Crippen molar-refractivity contribution < 1.29 is 27.0 Å². The molecule has 25 heavy (non-hydrogen) atoms. The van der Waals surface area contributed by atoms with Crippen molar-refractivity contribution in [3.8, 4) is 17.2 Å². The predicted molar refractivity (Wildman–Crippen MR) is 91.2 cm³/mol. The van der Waals surface area contributed by atoms with Crippen LogP contribution in [-0.4, -0.2) is 29.7 Å². The van der Waals surface area contributed by atoms with Crippen molar-refractivity contribution in [2.75, 3.05) is 21.3 Å². The van der Waals surface area contributed by atoms with Gasteiger partial charge in [-0.05, 0) is 36.8 Å². The Kier molecular flexibility index (Phi) is 5.86. The molecule has 2 aromatic rings. The van der Waals surface area contributed by atoms with Gasteiger partial charge in [0.25, 0.3) is 0 Å². The summed E-state index contributed by atoms with van der Waals surface area (Å²) >= 11 is 0. The molecule has 1 N–H and O–H groups in total. The minimum atomic E-state index is -3.92. The zero-order valence-corrected chi connectivity index (χ0v) is 15.2. The van der Waals surface area contributed by atoms with Gasteiger partial charge in [-0.3, -0.25) is 0 Å². The van der Waals surface area contributed by atoms with Gasteiger partial charge in [0.1, 0.15) is 16.4 Å². The third-order valence-corrected chi connectivity index (χ3v) is 5.23. The Morgan fingerprint density at radius 1 is 0.960 bits per heavy atom. The zero-order chi connectivity index (χ0) is 18.6. The van der Waals surface area contributed by atoms with E-state index < -0.39 is 21.9 Å². The van der Waals surface area contributed by atoms with E-state index in [9.17, 15) is 12.8 Å². The van der Waals surface area contributed by atoms with Crippen LogP contribution in [0.4, 0.5) is 4.39 Å². The van der Waals surface area contributed by atoms with Crippen molar-refractivity contribution in [1.29, 1.82) is 0 Å². The maximum Gasteiger partial charge on any atom is 0.244 e. The van der Waals surface area contributed by atoms with Gasteiger partial charge in [0.15, 0.2) is 11.6 Å². The number of benzene rings is 2. The quantitative estimate of drug-likeness (QED) is 0.812. The lowest BCUT2D eigenvalue weighted by Gasteiger charge is -2.17. The largest absolute Gasteiger partial charge is 0.497 e. The molecule has 0 aromatic heterocycles. The Bertz CT molecular complexity index is 854. The number of hydrogen-bond donors (Lipinski definition) is 1. The first-order valence-corrected chi connectivity index (χ1v) is 8.88. The minimum absolute atomic E-state index is 0.0600. The van der Waals surface area contributed by atoms with Gasteiger partial charge in [-0.1, -0.05) is 6.07 Å². The van der Waals surface area contributed by atoms with E-state index in [4.69, 9.17) is 14.2 Å². The number of halogens is 1. The Morgan fingerprint density at radius 2 is 1.60 bits per heavy atom. The van der Waals surface area contributed by atoms with E-state index >= 15 is 0 Å². The third kappa shape index (κ3) is 4.21. The summed E-state index contributed by atoms with van der Waals surface area (Å²) in [5, 5.41) is 0. The summed E-state index contributed by atoms with van der Waals surface area (Å²) in [6, 6.07) is 8.07. The molecule has 136 valence electrons. The molecule has 2 rings (SSSR count). The fraction of sp³-hybridized carbons (Fsp3) is 0.294. The van der Waals surface area contributed by atoms with Crippen LogP contribution >= 0.6 is 0 Å². The van der Waals surface area contributed by atoms with Gasteiger partial charge in [-0.2, -0.15) is 0 Å². The molecule has 0 radical (unpaired) electrons. The maximum atomic E-state index is 13.8. The van der Waals surface area contributed by atoms with Crippen LogP contribution in [0.25, 0.3) is 0 Å². The smallest absolute Gasteiger partial charge is 0.244 e. The number of sulfonamides is 1. The molecule has 0 aliphatic rings. The number of methoxy groups -OCH3 is 3. The molecule has 0 spiro atoms. The molecular formula is C17H20FNO5S. The lowest BCUT2D eigenvalue weighted by molar-refractivity contribution is 0.385. The van der Waals surface area contributed by atoms with Crippen LogP contribution in [0.5, 0.6) is 17.2 Å². The van der Waals surface area contributed by atoms with Gasteiger partial charge in [0.05, 0.1) is 21.3 Å². The summed E-state index contributed by atoms with van der Waals surface area (Å²) in [6.07, 6.45) is 0. The third-order valence-electron chi connectivity index (χ3n) is 3.67. The highest BCUT2D eigenvalue weighted by molar-refractivity contribution is 7.89. The molecule has 0 aliphatic carbocycles. The van der Waals surface area contributed by atoms with E-state index in [0.717, 1.165) is 0 Å². The molecule has 6 nitrogen and oxygen atoms in total. The van der Waals surface area contributed by atoms with E-state index in [2.05, 4.69) is 4.72 Å². The van der Waals surface area contributed by atoms with Crippen LogP contribution in [-0.2, 0) is 10.0 Å². The molecule has 0 bridgehead atoms. The van der Waals surface area contributed by atoms with Crippen molar-refractivity contribution in [3.63, 3.8) is 0 Å². The van der Waals surface area contributed by atoms with Crippen molar-refractivity contribution in [2.45, 2.75) is 17.9 Å². The standard InChI is InChI=1S/C17H20FNO5S/c1-11(12-5-7-15(23-3)14(18)9-12)19-25(20,21)17-10-13(22-2)6-8-16(17)24-4/h5-11,19H,1-4H3. The number of ether oxygens (including phenoxy) is 3. The van der Waals surface area contributed by atoms with Crippen molar-refractivity contribution in [2.24, 2.45) is 0 Å². The lowest BCUT2D eigenvalue weighted by atomic mass is 10.1. The highest BCUT2D eigenvalue weighted by Gasteiger charge is 2.23. The Balaban J connectivity index is 2.33. The highest BCUT2D eigenvalue weighted by atomic mass is 32.2. The second-order valence-electron chi connectivity index (χ2n) is 5.25. The molecule has 0 aliphatic heterocycles. The number of nitrogens with one attached hydrogen (secondary N) is 1. The number of hydrogen-bond acceptors (Lipinski definition) is 5. The summed E-state index contributed by atoms with van der Waals surface area (Å²) in [5.74, 6) is 0.0870. The van der Waals surface area contributed by atoms with Gasteiger partial charge >= 0.3 is 0 Å². The summed E-state index contributed by atoms with van der Waals surface area (Å²) in [5.41, 5.74) is 0.462. The minimum Gasteiger partial charge on any atom is -0.497 e. The Morgan fingerprint density at radius 3 is 2.16 bits per heavy atom. The van der Waals surface area contributed by atoms with E-state index in [1.807, 2.05) is 0 Å². The van der Waals surface area contributed by atoms with Gasteiger partial charge in [-0.15, -0.1) is 0 Å². The van der Waals surface area contributed by atoms with Crippen molar-refractivity contribution >= 4 is 10.0 Å². The van der Waals surface area contributed by atoms with Crippen molar-refractivity contribution in [1.82, 2.24) is 4.72 Å². The SMILES string of the molecule is COc1ccc(OC)c(S(=O)(=O)NC(C)c2ccc(OC)c(F)c2)c1. The average Bonchev–Trinajstić information content (AvgIpc) is 2.60. The zero-order valence-electron chi connectivity index (χ0n) is 14.4. The number of rotatable bonds is 7. The predicted octanol–water partition coefficient (Wildman–Crippen LogP) is 2.89. The topological polar surface area (TPSA) is 73.9 Å². The van der Waals surface area contributed by atoms with E-state index in [-0.39, 0.29) is 16.4 Å². The average molecular weight is 369 g/mol. The van der Waals surface area contributed by atoms with E-state index in [1.165, 1.54) is 45.6 Å². The summed E-state index contributed by atoms with van der Waals surface area (Å²) in [4.78, 5) is -0.0600. The van der Waals surface area contributed by atoms with Crippen LogP contribution in [0.15, 0.2) is 41.3 Å². The van der Waals surface area contributed by atoms with Gasteiger partial charge in [-0.25, -0.2) is 17.5 Å². The van der Waals surface area contributed by atoms with Gasteiger partial charge < -0.3 is 14.2 Å². The molecular weight excluding hydrogens is 349 g/mol. The van der Waals surface area contributed by atoms with E-state index in [0.29, 0.717) is 11.3 Å². The summed E-state index contributed by atoms with van der Waals surface area (Å²) in [7, 11) is 0.257. The molecule has 0 saturated heterocycles. The van der Waals surface area contributed by atoms with Crippen LogP contribution in [0.1, 0.15) is 18.5 Å². The molecule has 2 aromatic carbocycles. The fourth-order valence-electron chi connectivity index (χ4n) is 2.31. The monoisotopic (exact) mass is 369 g/mol. The van der Waals surface area contributed by atoms with Gasteiger partial charge in [0, 0.05) is 12.1 Å². The Labute approximate surface area is 146 Å². The van der Waals surface area contributed by atoms with Gasteiger partial charge in [0.2, 0.25) is 10.0 Å². The second kappa shape index (κ2) is 7.71. The van der Waals surface area contributed by atoms with E-state index in [1.54, 1.807) is 19.1 Å². The highest BCUT2D eigenvalue weighted by Crippen LogP contribution is 2.30. The Hall–Kier alpha value is -2.32. The first kappa shape index (κ1) is 19.0.